The third-order valence-corrected chi connectivity index (χ3v) is 2.91. The van der Waals surface area contributed by atoms with E-state index in [0.717, 1.165) is 0 Å². The van der Waals surface area contributed by atoms with Gasteiger partial charge in [0.15, 0.2) is 0 Å². The highest BCUT2D eigenvalue weighted by Gasteiger charge is 2.40. The van der Waals surface area contributed by atoms with Gasteiger partial charge in [-0.05, 0) is 18.6 Å². The fourth-order valence-corrected chi connectivity index (χ4v) is 1.75. The molecule has 0 heterocycles. The van der Waals surface area contributed by atoms with Gasteiger partial charge in [0.1, 0.15) is 0 Å². The van der Waals surface area contributed by atoms with E-state index in [1.807, 2.05) is 11.8 Å². The highest BCUT2D eigenvalue weighted by atomic mass is 32.2. The molecule has 1 aliphatic rings. The molecule has 0 aromatic rings. The van der Waals surface area contributed by atoms with Gasteiger partial charge in [-0.3, -0.25) is 0 Å². The molecule has 50 valence electrons. The first-order valence-corrected chi connectivity index (χ1v) is 4.54. The maximum absolute atomic E-state index is 5.35. The Morgan fingerprint density at radius 3 is 2.67 bits per heavy atom. The molecule has 0 unspecified atom stereocenters. The van der Waals surface area contributed by atoms with Crippen LogP contribution in [0.4, 0.5) is 0 Å². The average molecular weight is 140 g/mol. The first kappa shape index (κ1) is 7.02. The van der Waals surface area contributed by atoms with E-state index in [-0.39, 0.29) is 0 Å². The molecule has 1 fully saturated rings. The zero-order chi connectivity index (χ0) is 6.74. The summed E-state index contributed by atoms with van der Waals surface area (Å²) in [4.78, 5) is 0. The standard InChI is InChI=1S/C8H12S/c1-3-8(5-6-8)7-9-4-2/h1H,4-7H2,2H3. The molecule has 9 heavy (non-hydrogen) atoms. The maximum Gasteiger partial charge on any atom is 0.0403 e. The smallest absolute Gasteiger partial charge is 0.0403 e. The Bertz CT molecular complexity index is 128. The number of thioether (sulfide) groups is 1. The summed E-state index contributed by atoms with van der Waals surface area (Å²) in [5.74, 6) is 5.24. The van der Waals surface area contributed by atoms with Gasteiger partial charge in [-0.1, -0.05) is 12.8 Å². The van der Waals surface area contributed by atoms with E-state index in [9.17, 15) is 0 Å². The summed E-state index contributed by atoms with van der Waals surface area (Å²) in [6, 6.07) is 0. The van der Waals surface area contributed by atoms with Crippen LogP contribution in [-0.4, -0.2) is 11.5 Å². The Labute approximate surface area is 61.4 Å². The highest BCUT2D eigenvalue weighted by molar-refractivity contribution is 7.99. The van der Waals surface area contributed by atoms with Crippen molar-refractivity contribution in [1.29, 1.82) is 0 Å². The van der Waals surface area contributed by atoms with Crippen LogP contribution in [0.2, 0.25) is 0 Å². The molecule has 1 saturated carbocycles. The minimum atomic E-state index is 0.334. The van der Waals surface area contributed by atoms with E-state index >= 15 is 0 Å². The van der Waals surface area contributed by atoms with Crippen LogP contribution in [0, 0.1) is 17.8 Å². The van der Waals surface area contributed by atoms with Crippen molar-refractivity contribution in [3.8, 4) is 12.3 Å². The maximum atomic E-state index is 5.35. The quantitative estimate of drug-likeness (QED) is 0.541. The molecule has 0 saturated heterocycles. The molecule has 1 rings (SSSR count). The summed E-state index contributed by atoms with van der Waals surface area (Å²) in [5.41, 5.74) is 0.334. The lowest BCUT2D eigenvalue weighted by Gasteiger charge is -2.03. The van der Waals surface area contributed by atoms with Gasteiger partial charge in [-0.2, -0.15) is 11.8 Å². The lowest BCUT2D eigenvalue weighted by Crippen LogP contribution is -1.99. The van der Waals surface area contributed by atoms with Gasteiger partial charge in [0, 0.05) is 11.2 Å². The van der Waals surface area contributed by atoms with Crippen molar-refractivity contribution >= 4 is 11.8 Å². The topological polar surface area (TPSA) is 0 Å². The number of rotatable bonds is 3. The molecule has 1 heteroatoms. The lowest BCUT2D eigenvalue weighted by atomic mass is 10.2. The van der Waals surface area contributed by atoms with Crippen molar-refractivity contribution in [3.05, 3.63) is 0 Å². The molecule has 0 nitrogen and oxygen atoms in total. The number of terminal acetylenes is 1. The van der Waals surface area contributed by atoms with Crippen molar-refractivity contribution in [1.82, 2.24) is 0 Å². The van der Waals surface area contributed by atoms with E-state index in [4.69, 9.17) is 6.42 Å². The third-order valence-electron chi connectivity index (χ3n) is 1.74. The summed E-state index contributed by atoms with van der Waals surface area (Å²) in [6.07, 6.45) is 7.87. The summed E-state index contributed by atoms with van der Waals surface area (Å²) in [6.45, 7) is 2.18. The van der Waals surface area contributed by atoms with Crippen LogP contribution in [0.25, 0.3) is 0 Å². The first-order chi connectivity index (χ1) is 4.33. The summed E-state index contributed by atoms with van der Waals surface area (Å²) >= 11 is 1.96. The zero-order valence-corrected chi connectivity index (χ0v) is 6.63. The number of hydrogen-bond acceptors (Lipinski definition) is 1. The summed E-state index contributed by atoms with van der Waals surface area (Å²) in [7, 11) is 0. The molecule has 0 amide bonds. The predicted octanol–water partition coefficient (Wildman–Crippen LogP) is 2.15. The van der Waals surface area contributed by atoms with Gasteiger partial charge in [-0.15, -0.1) is 6.42 Å². The Kier molecular flexibility index (Phi) is 2.08. The number of hydrogen-bond donors (Lipinski definition) is 0. The van der Waals surface area contributed by atoms with Crippen LogP contribution >= 0.6 is 11.8 Å². The Hall–Kier alpha value is -0.0900. The molecule has 0 radical (unpaired) electrons. The van der Waals surface area contributed by atoms with Crippen LogP contribution in [0.3, 0.4) is 0 Å². The molecule has 0 N–H and O–H groups in total. The van der Waals surface area contributed by atoms with Crippen molar-refractivity contribution < 1.29 is 0 Å². The van der Waals surface area contributed by atoms with Crippen LogP contribution in [0.1, 0.15) is 19.8 Å². The predicted molar refractivity (Wildman–Crippen MR) is 43.5 cm³/mol. The molecular weight excluding hydrogens is 128 g/mol. The van der Waals surface area contributed by atoms with Gasteiger partial charge >= 0.3 is 0 Å². The average Bonchev–Trinajstić information content (AvgIpc) is 2.65. The monoisotopic (exact) mass is 140 g/mol. The van der Waals surface area contributed by atoms with E-state index in [1.54, 1.807) is 0 Å². The second kappa shape index (κ2) is 2.66. The van der Waals surface area contributed by atoms with Crippen LogP contribution in [-0.2, 0) is 0 Å². The highest BCUT2D eigenvalue weighted by Crippen LogP contribution is 2.47. The van der Waals surface area contributed by atoms with Gasteiger partial charge in [0.05, 0.1) is 0 Å². The zero-order valence-electron chi connectivity index (χ0n) is 5.81. The van der Waals surface area contributed by atoms with E-state index in [1.165, 1.54) is 24.3 Å². The van der Waals surface area contributed by atoms with Crippen LogP contribution < -0.4 is 0 Å². The van der Waals surface area contributed by atoms with Gasteiger partial charge in [0.2, 0.25) is 0 Å². The van der Waals surface area contributed by atoms with Gasteiger partial charge in [0.25, 0.3) is 0 Å². The second-order valence-corrected chi connectivity index (χ2v) is 3.84. The van der Waals surface area contributed by atoms with Crippen molar-refractivity contribution in [2.24, 2.45) is 5.41 Å². The Morgan fingerprint density at radius 2 is 2.33 bits per heavy atom. The molecule has 0 atom stereocenters. The fraction of sp³-hybridized carbons (Fsp3) is 0.750. The van der Waals surface area contributed by atoms with Crippen LogP contribution in [0.15, 0.2) is 0 Å². The van der Waals surface area contributed by atoms with Crippen molar-refractivity contribution in [2.75, 3.05) is 11.5 Å². The van der Waals surface area contributed by atoms with Gasteiger partial charge in [-0.25, -0.2) is 0 Å². The fourth-order valence-electron chi connectivity index (χ4n) is 0.779. The first-order valence-electron chi connectivity index (χ1n) is 3.38. The molecule has 0 aromatic carbocycles. The minimum Gasteiger partial charge on any atom is -0.161 e. The molecule has 0 aliphatic heterocycles. The Morgan fingerprint density at radius 1 is 1.67 bits per heavy atom. The summed E-state index contributed by atoms with van der Waals surface area (Å²) in [5, 5.41) is 0. The largest absolute Gasteiger partial charge is 0.161 e. The molecule has 1 aliphatic carbocycles. The normalized spacial score (nSPS) is 20.9. The SMILES string of the molecule is C#CC1(CSCC)CC1. The third kappa shape index (κ3) is 1.66. The molecule has 0 aromatic heterocycles. The molecular formula is C8H12S. The van der Waals surface area contributed by atoms with E-state index in [0.29, 0.717) is 5.41 Å². The van der Waals surface area contributed by atoms with E-state index in [2.05, 4.69) is 12.8 Å². The Balaban J connectivity index is 2.20. The molecule has 0 spiro atoms. The van der Waals surface area contributed by atoms with Crippen molar-refractivity contribution in [2.45, 2.75) is 19.8 Å². The summed E-state index contributed by atoms with van der Waals surface area (Å²) < 4.78 is 0. The second-order valence-electron chi connectivity index (χ2n) is 2.56. The lowest BCUT2D eigenvalue weighted by molar-refractivity contribution is 0.800. The molecule has 0 bridgehead atoms. The van der Waals surface area contributed by atoms with Gasteiger partial charge < -0.3 is 0 Å². The van der Waals surface area contributed by atoms with Crippen molar-refractivity contribution in [3.63, 3.8) is 0 Å². The van der Waals surface area contributed by atoms with Crippen LogP contribution in [0.5, 0.6) is 0 Å². The minimum absolute atomic E-state index is 0.334. The van der Waals surface area contributed by atoms with E-state index < -0.39 is 0 Å².